The van der Waals surface area contributed by atoms with E-state index in [1.54, 1.807) is 20.4 Å². The average molecular weight is 355 g/mol. The molecule has 0 atom stereocenters. The lowest BCUT2D eigenvalue weighted by Crippen LogP contribution is -2.07. The molecule has 1 aromatic heterocycles. The van der Waals surface area contributed by atoms with Gasteiger partial charge in [0.05, 0.1) is 20.8 Å². The second-order valence-electron chi connectivity index (χ2n) is 4.51. The smallest absolute Gasteiger partial charge is 0.203 e. The van der Waals surface area contributed by atoms with E-state index in [0.717, 1.165) is 23.0 Å². The summed E-state index contributed by atoms with van der Waals surface area (Å²) in [6, 6.07) is 5.86. The minimum absolute atomic E-state index is 0.528. The summed E-state index contributed by atoms with van der Waals surface area (Å²) in [5.41, 5.74) is 2.19. The largest absolute Gasteiger partial charge is 0.493 e. The number of methoxy groups -OCH3 is 2. The van der Waals surface area contributed by atoms with Gasteiger partial charge in [0.25, 0.3) is 0 Å². The third kappa shape index (κ3) is 3.69. The van der Waals surface area contributed by atoms with Crippen LogP contribution in [0.2, 0.25) is 0 Å². The molecule has 0 radical (unpaired) electrons. The van der Waals surface area contributed by atoms with Gasteiger partial charge in [-0.2, -0.15) is 5.10 Å². The summed E-state index contributed by atoms with van der Waals surface area (Å²) >= 11 is 3.43. The van der Waals surface area contributed by atoms with E-state index in [2.05, 4.69) is 21.0 Å². The number of aryl methyl sites for hydroxylation is 1. The maximum atomic E-state index is 5.87. The van der Waals surface area contributed by atoms with Gasteiger partial charge in [0, 0.05) is 30.7 Å². The standard InChI is InChI=1S/C15H19BrN2O3/c1-18-12(4-6-17-18)5-7-21-15-13(19-2)8-11(10-16)9-14(15)20-3/h4,6,8-9H,5,7,10H2,1-3H3. The third-order valence-electron chi connectivity index (χ3n) is 3.20. The zero-order valence-corrected chi connectivity index (χ0v) is 14.0. The Labute approximate surface area is 132 Å². The number of hydrogen-bond donors (Lipinski definition) is 0. The van der Waals surface area contributed by atoms with E-state index in [-0.39, 0.29) is 0 Å². The molecular formula is C15H19BrN2O3. The summed E-state index contributed by atoms with van der Waals surface area (Å²) in [6.07, 6.45) is 2.55. The normalized spacial score (nSPS) is 10.5. The Morgan fingerprint density at radius 1 is 1.19 bits per heavy atom. The molecule has 0 aliphatic carbocycles. The summed E-state index contributed by atoms with van der Waals surface area (Å²) in [5, 5.41) is 4.87. The van der Waals surface area contributed by atoms with Gasteiger partial charge in [-0.1, -0.05) is 15.9 Å². The van der Waals surface area contributed by atoms with E-state index in [4.69, 9.17) is 14.2 Å². The molecule has 6 heteroatoms. The van der Waals surface area contributed by atoms with Gasteiger partial charge in [-0.15, -0.1) is 0 Å². The summed E-state index contributed by atoms with van der Waals surface area (Å²) in [6.45, 7) is 0.528. The van der Waals surface area contributed by atoms with Crippen LogP contribution in [0.5, 0.6) is 17.2 Å². The second-order valence-corrected chi connectivity index (χ2v) is 5.07. The summed E-state index contributed by atoms with van der Waals surface area (Å²) in [7, 11) is 5.17. The molecule has 0 spiro atoms. The first kappa shape index (κ1) is 15.7. The Hall–Kier alpha value is -1.69. The van der Waals surface area contributed by atoms with Crippen LogP contribution in [0.4, 0.5) is 0 Å². The van der Waals surface area contributed by atoms with Crippen LogP contribution in [0.1, 0.15) is 11.3 Å². The lowest BCUT2D eigenvalue weighted by molar-refractivity contribution is 0.275. The first-order chi connectivity index (χ1) is 10.2. The molecule has 21 heavy (non-hydrogen) atoms. The predicted molar refractivity (Wildman–Crippen MR) is 84.6 cm³/mol. The van der Waals surface area contributed by atoms with Crippen molar-refractivity contribution in [3.8, 4) is 17.2 Å². The summed E-state index contributed by atoms with van der Waals surface area (Å²) in [5.74, 6) is 1.98. The van der Waals surface area contributed by atoms with Crippen molar-refractivity contribution < 1.29 is 14.2 Å². The van der Waals surface area contributed by atoms with E-state index in [1.807, 2.05) is 29.9 Å². The highest BCUT2D eigenvalue weighted by Crippen LogP contribution is 2.39. The number of ether oxygens (including phenoxy) is 3. The number of rotatable bonds is 7. The molecular weight excluding hydrogens is 336 g/mol. The monoisotopic (exact) mass is 354 g/mol. The van der Waals surface area contributed by atoms with E-state index in [9.17, 15) is 0 Å². The van der Waals surface area contributed by atoms with Crippen LogP contribution in [0.25, 0.3) is 0 Å². The average Bonchev–Trinajstić information content (AvgIpc) is 2.92. The van der Waals surface area contributed by atoms with Gasteiger partial charge >= 0.3 is 0 Å². The SMILES string of the molecule is COc1cc(CBr)cc(OC)c1OCCc1ccnn1C. The molecule has 0 amide bonds. The molecule has 2 aromatic rings. The minimum atomic E-state index is 0.528. The van der Waals surface area contributed by atoms with Gasteiger partial charge in [-0.3, -0.25) is 4.68 Å². The molecule has 1 heterocycles. The van der Waals surface area contributed by atoms with Crippen molar-refractivity contribution >= 4 is 15.9 Å². The highest BCUT2D eigenvalue weighted by Gasteiger charge is 2.14. The molecule has 0 bridgehead atoms. The fourth-order valence-corrected chi connectivity index (χ4v) is 2.38. The van der Waals surface area contributed by atoms with Crippen molar-refractivity contribution in [3.05, 3.63) is 35.7 Å². The van der Waals surface area contributed by atoms with Gasteiger partial charge < -0.3 is 14.2 Å². The number of halogens is 1. The van der Waals surface area contributed by atoms with Crippen molar-refractivity contribution in [2.24, 2.45) is 7.05 Å². The molecule has 0 unspecified atom stereocenters. The third-order valence-corrected chi connectivity index (χ3v) is 3.85. The van der Waals surface area contributed by atoms with E-state index in [0.29, 0.717) is 23.9 Å². The second kappa shape index (κ2) is 7.36. The number of alkyl halides is 1. The molecule has 114 valence electrons. The van der Waals surface area contributed by atoms with Crippen molar-refractivity contribution in [3.63, 3.8) is 0 Å². The molecule has 1 aromatic carbocycles. The van der Waals surface area contributed by atoms with Gasteiger partial charge in [-0.05, 0) is 23.8 Å². The van der Waals surface area contributed by atoms with Crippen LogP contribution in [0, 0.1) is 0 Å². The molecule has 0 saturated heterocycles. The van der Waals surface area contributed by atoms with Crippen molar-refractivity contribution in [2.45, 2.75) is 11.8 Å². The van der Waals surface area contributed by atoms with Crippen LogP contribution < -0.4 is 14.2 Å². The Bertz CT molecular complexity index is 573. The minimum Gasteiger partial charge on any atom is -0.493 e. The molecule has 5 nitrogen and oxygen atoms in total. The molecule has 2 rings (SSSR count). The fraction of sp³-hybridized carbons (Fsp3) is 0.400. The molecule has 0 saturated carbocycles. The summed E-state index contributed by atoms with van der Waals surface area (Å²) in [4.78, 5) is 0. The Morgan fingerprint density at radius 2 is 1.86 bits per heavy atom. The van der Waals surface area contributed by atoms with Crippen molar-refractivity contribution in [2.75, 3.05) is 20.8 Å². The maximum Gasteiger partial charge on any atom is 0.203 e. The van der Waals surface area contributed by atoms with E-state index < -0.39 is 0 Å². The van der Waals surface area contributed by atoms with Gasteiger partial charge in [0.2, 0.25) is 5.75 Å². The van der Waals surface area contributed by atoms with E-state index >= 15 is 0 Å². The van der Waals surface area contributed by atoms with Gasteiger partial charge in [0.1, 0.15) is 0 Å². The zero-order valence-electron chi connectivity index (χ0n) is 12.4. The highest BCUT2D eigenvalue weighted by atomic mass is 79.9. The molecule has 0 fully saturated rings. The van der Waals surface area contributed by atoms with Crippen molar-refractivity contribution in [1.29, 1.82) is 0 Å². The number of hydrogen-bond acceptors (Lipinski definition) is 4. The summed E-state index contributed by atoms with van der Waals surface area (Å²) < 4.78 is 18.5. The van der Waals surface area contributed by atoms with Crippen LogP contribution >= 0.6 is 15.9 Å². The Morgan fingerprint density at radius 3 is 2.33 bits per heavy atom. The van der Waals surface area contributed by atoms with Gasteiger partial charge in [-0.25, -0.2) is 0 Å². The number of nitrogens with zero attached hydrogens (tertiary/aromatic N) is 2. The first-order valence-electron chi connectivity index (χ1n) is 6.60. The van der Waals surface area contributed by atoms with E-state index in [1.165, 1.54) is 0 Å². The molecule has 0 N–H and O–H groups in total. The Balaban J connectivity index is 2.13. The maximum absolute atomic E-state index is 5.87. The number of aromatic nitrogens is 2. The van der Waals surface area contributed by atoms with Crippen molar-refractivity contribution in [1.82, 2.24) is 9.78 Å². The first-order valence-corrected chi connectivity index (χ1v) is 7.72. The van der Waals surface area contributed by atoms with Crippen LogP contribution in [-0.4, -0.2) is 30.6 Å². The van der Waals surface area contributed by atoms with Crippen LogP contribution in [0.3, 0.4) is 0 Å². The quantitative estimate of drug-likeness (QED) is 0.717. The van der Waals surface area contributed by atoms with Crippen LogP contribution in [-0.2, 0) is 18.8 Å². The molecule has 0 aliphatic rings. The lowest BCUT2D eigenvalue weighted by atomic mass is 10.2. The fourth-order valence-electron chi connectivity index (χ4n) is 2.06. The topological polar surface area (TPSA) is 45.5 Å². The van der Waals surface area contributed by atoms with Crippen LogP contribution in [0.15, 0.2) is 24.4 Å². The highest BCUT2D eigenvalue weighted by molar-refractivity contribution is 9.08. The van der Waals surface area contributed by atoms with Gasteiger partial charge in [0.15, 0.2) is 11.5 Å². The number of benzene rings is 1. The zero-order chi connectivity index (χ0) is 15.2. The molecule has 0 aliphatic heterocycles. The lowest BCUT2D eigenvalue weighted by Gasteiger charge is -2.15. The predicted octanol–water partition coefficient (Wildman–Crippen LogP) is 2.95. The Kier molecular flexibility index (Phi) is 5.50.